The van der Waals surface area contributed by atoms with E-state index in [1.165, 1.54) is 0 Å². The maximum absolute atomic E-state index is 11.8. The summed E-state index contributed by atoms with van der Waals surface area (Å²) in [6, 6.07) is 3.97. The molecule has 1 atom stereocenters. The maximum atomic E-state index is 11.8. The van der Waals surface area contributed by atoms with Gasteiger partial charge < -0.3 is 19.7 Å². The van der Waals surface area contributed by atoms with Gasteiger partial charge in [-0.05, 0) is 26.0 Å². The number of likely N-dealkylation sites (N-methyl/N-ethyl adjacent to an activating group) is 1. The summed E-state index contributed by atoms with van der Waals surface area (Å²) >= 11 is 6.21. The standard InChI is InChI=1S/C15H21ClN2O3/c1-10(2)17-14(19)9-18(3)8-11-6-12(16)15-13(7-11)20-4-5-21-15/h6-7,10H,4-5,8-9H2,1-3H3,(H,17,19)/p+1. The van der Waals surface area contributed by atoms with E-state index >= 15 is 0 Å². The summed E-state index contributed by atoms with van der Waals surface area (Å²) < 4.78 is 11.1. The molecule has 1 unspecified atom stereocenters. The first kappa shape index (κ1) is 15.9. The Morgan fingerprint density at radius 1 is 1.38 bits per heavy atom. The van der Waals surface area contributed by atoms with Gasteiger partial charge in [0.25, 0.3) is 5.91 Å². The van der Waals surface area contributed by atoms with Crippen molar-refractivity contribution in [1.29, 1.82) is 0 Å². The number of quaternary nitrogens is 1. The molecule has 0 saturated carbocycles. The summed E-state index contributed by atoms with van der Waals surface area (Å²) in [7, 11) is 1.98. The first-order valence-electron chi connectivity index (χ1n) is 7.14. The Labute approximate surface area is 130 Å². The van der Waals surface area contributed by atoms with Crippen molar-refractivity contribution in [3.63, 3.8) is 0 Å². The molecule has 0 radical (unpaired) electrons. The largest absolute Gasteiger partial charge is 0.486 e. The van der Waals surface area contributed by atoms with E-state index in [1.54, 1.807) is 0 Å². The Balaban J connectivity index is 1.99. The molecule has 0 aromatic heterocycles. The minimum absolute atomic E-state index is 0.0474. The predicted octanol–water partition coefficient (Wildman–Crippen LogP) is 0.650. The second-order valence-corrected chi connectivity index (χ2v) is 6.04. The SMILES string of the molecule is CC(C)NC(=O)C[NH+](C)Cc1cc(Cl)c2c(c1)OCCO2. The molecule has 116 valence electrons. The first-order valence-corrected chi connectivity index (χ1v) is 7.52. The molecule has 1 heterocycles. The predicted molar refractivity (Wildman–Crippen MR) is 81.2 cm³/mol. The van der Waals surface area contributed by atoms with E-state index in [2.05, 4.69) is 5.32 Å². The van der Waals surface area contributed by atoms with Crippen molar-refractivity contribution in [2.45, 2.75) is 26.4 Å². The van der Waals surface area contributed by atoms with Crippen LogP contribution in [-0.2, 0) is 11.3 Å². The summed E-state index contributed by atoms with van der Waals surface area (Å²) in [6.45, 7) is 6.08. The number of hydrogen-bond acceptors (Lipinski definition) is 3. The van der Waals surface area contributed by atoms with Gasteiger partial charge in [-0.15, -0.1) is 0 Å². The molecule has 5 nitrogen and oxygen atoms in total. The van der Waals surface area contributed by atoms with Gasteiger partial charge in [-0.2, -0.15) is 0 Å². The maximum Gasteiger partial charge on any atom is 0.275 e. The Morgan fingerprint density at radius 2 is 2.10 bits per heavy atom. The van der Waals surface area contributed by atoms with E-state index in [-0.39, 0.29) is 11.9 Å². The third kappa shape index (κ3) is 4.51. The van der Waals surface area contributed by atoms with E-state index < -0.39 is 0 Å². The topological polar surface area (TPSA) is 52.0 Å². The van der Waals surface area contributed by atoms with Crippen LogP contribution in [0.1, 0.15) is 19.4 Å². The molecule has 2 N–H and O–H groups in total. The van der Waals surface area contributed by atoms with E-state index in [4.69, 9.17) is 21.1 Å². The number of fused-ring (bicyclic) bond motifs is 1. The number of hydrogen-bond donors (Lipinski definition) is 2. The summed E-state index contributed by atoms with van der Waals surface area (Å²) in [5, 5.41) is 3.45. The fourth-order valence-corrected chi connectivity index (χ4v) is 2.61. The lowest BCUT2D eigenvalue weighted by Crippen LogP contribution is -3.09. The van der Waals surface area contributed by atoms with Crippen LogP contribution in [0, 0.1) is 0 Å². The van der Waals surface area contributed by atoms with E-state index in [9.17, 15) is 4.79 Å². The van der Waals surface area contributed by atoms with Crippen LogP contribution in [0.2, 0.25) is 5.02 Å². The van der Waals surface area contributed by atoms with Gasteiger partial charge in [0, 0.05) is 11.6 Å². The zero-order valence-corrected chi connectivity index (χ0v) is 13.4. The molecule has 1 aromatic rings. The van der Waals surface area contributed by atoms with Gasteiger partial charge in [0.15, 0.2) is 18.0 Å². The lowest BCUT2D eigenvalue weighted by molar-refractivity contribution is -0.885. The normalized spacial score (nSPS) is 14.9. The van der Waals surface area contributed by atoms with Crippen molar-refractivity contribution in [2.24, 2.45) is 0 Å². The Hall–Kier alpha value is -1.46. The number of halogens is 1. The van der Waals surface area contributed by atoms with Crippen molar-refractivity contribution < 1.29 is 19.2 Å². The number of ether oxygens (including phenoxy) is 2. The lowest BCUT2D eigenvalue weighted by Gasteiger charge is -2.21. The van der Waals surface area contributed by atoms with Gasteiger partial charge in [-0.1, -0.05) is 11.6 Å². The molecular formula is C15H22ClN2O3+. The number of carbonyl (C=O) groups is 1. The van der Waals surface area contributed by atoms with Crippen LogP contribution < -0.4 is 19.7 Å². The minimum atomic E-state index is 0.0474. The van der Waals surface area contributed by atoms with Gasteiger partial charge >= 0.3 is 0 Å². The van der Waals surface area contributed by atoms with Crippen LogP contribution in [-0.4, -0.2) is 38.8 Å². The zero-order chi connectivity index (χ0) is 15.4. The Kier molecular flexibility index (Phi) is 5.31. The Bertz CT molecular complexity index is 520. The van der Waals surface area contributed by atoms with Crippen molar-refractivity contribution in [1.82, 2.24) is 5.32 Å². The molecule has 1 aliphatic rings. The molecule has 0 aliphatic carbocycles. The average molecular weight is 314 g/mol. The molecule has 0 saturated heterocycles. The molecule has 1 aliphatic heterocycles. The number of rotatable bonds is 5. The second kappa shape index (κ2) is 7.00. The van der Waals surface area contributed by atoms with Gasteiger partial charge in [0.05, 0.1) is 12.1 Å². The van der Waals surface area contributed by atoms with Crippen LogP contribution in [0.4, 0.5) is 0 Å². The van der Waals surface area contributed by atoms with Crippen LogP contribution >= 0.6 is 11.6 Å². The van der Waals surface area contributed by atoms with Crippen molar-refractivity contribution in [2.75, 3.05) is 26.8 Å². The molecule has 1 aromatic carbocycles. The fourth-order valence-electron chi connectivity index (χ4n) is 2.32. The lowest BCUT2D eigenvalue weighted by atomic mass is 10.2. The number of carbonyl (C=O) groups excluding carboxylic acids is 1. The highest BCUT2D eigenvalue weighted by Crippen LogP contribution is 2.38. The highest BCUT2D eigenvalue weighted by Gasteiger charge is 2.18. The molecule has 1 amide bonds. The summed E-state index contributed by atoms with van der Waals surface area (Å²) in [6.07, 6.45) is 0. The van der Waals surface area contributed by atoms with E-state index in [0.717, 1.165) is 10.5 Å². The summed E-state index contributed by atoms with van der Waals surface area (Å²) in [5.41, 5.74) is 1.03. The smallest absolute Gasteiger partial charge is 0.275 e. The van der Waals surface area contributed by atoms with E-state index in [1.807, 2.05) is 33.0 Å². The molecular weight excluding hydrogens is 292 g/mol. The minimum Gasteiger partial charge on any atom is -0.486 e. The average Bonchev–Trinajstić information content (AvgIpc) is 2.37. The highest BCUT2D eigenvalue weighted by molar-refractivity contribution is 6.32. The highest BCUT2D eigenvalue weighted by atomic mass is 35.5. The van der Waals surface area contributed by atoms with Gasteiger partial charge in [-0.3, -0.25) is 4.79 Å². The summed E-state index contributed by atoms with van der Waals surface area (Å²) in [5.74, 6) is 1.34. The molecule has 6 heteroatoms. The van der Waals surface area contributed by atoms with Gasteiger partial charge in [-0.25, -0.2) is 0 Å². The monoisotopic (exact) mass is 313 g/mol. The molecule has 0 fully saturated rings. The molecule has 0 bridgehead atoms. The van der Waals surface area contributed by atoms with Crippen LogP contribution in [0.5, 0.6) is 11.5 Å². The van der Waals surface area contributed by atoms with E-state index in [0.29, 0.717) is 42.8 Å². The number of nitrogens with one attached hydrogen (secondary N) is 2. The van der Waals surface area contributed by atoms with Crippen LogP contribution in [0.25, 0.3) is 0 Å². The Morgan fingerprint density at radius 3 is 2.81 bits per heavy atom. The third-order valence-electron chi connectivity index (χ3n) is 3.07. The van der Waals surface area contributed by atoms with Gasteiger partial charge in [0.2, 0.25) is 0 Å². The molecule has 0 spiro atoms. The fraction of sp³-hybridized carbons (Fsp3) is 0.533. The molecule has 21 heavy (non-hydrogen) atoms. The van der Waals surface area contributed by atoms with Crippen LogP contribution in [0.15, 0.2) is 12.1 Å². The summed E-state index contributed by atoms with van der Waals surface area (Å²) in [4.78, 5) is 12.8. The first-order chi connectivity index (χ1) is 9.95. The molecule has 2 rings (SSSR count). The van der Waals surface area contributed by atoms with Crippen molar-refractivity contribution in [3.05, 3.63) is 22.7 Å². The quantitative estimate of drug-likeness (QED) is 0.839. The van der Waals surface area contributed by atoms with Crippen molar-refractivity contribution in [3.8, 4) is 11.5 Å². The van der Waals surface area contributed by atoms with Crippen molar-refractivity contribution >= 4 is 17.5 Å². The third-order valence-corrected chi connectivity index (χ3v) is 3.36. The van der Waals surface area contributed by atoms with Gasteiger partial charge in [0.1, 0.15) is 19.8 Å². The number of benzene rings is 1. The number of amides is 1. The zero-order valence-electron chi connectivity index (χ0n) is 12.7. The van der Waals surface area contributed by atoms with Crippen LogP contribution in [0.3, 0.4) is 0 Å². The second-order valence-electron chi connectivity index (χ2n) is 5.63.